The molecule has 4 nitrogen and oxygen atoms in total. The van der Waals surface area contributed by atoms with E-state index in [9.17, 15) is 18.0 Å². The molecule has 89 valence electrons. The van der Waals surface area contributed by atoms with Gasteiger partial charge in [-0.15, -0.1) is 0 Å². The molecule has 1 aromatic heterocycles. The van der Waals surface area contributed by atoms with Gasteiger partial charge in [-0.05, 0) is 6.92 Å². The van der Waals surface area contributed by atoms with Crippen LogP contribution in [0, 0.1) is 6.07 Å². The molecule has 0 N–H and O–H groups in total. The zero-order valence-corrected chi connectivity index (χ0v) is 8.88. The fraction of sp³-hybridized carbons (Fsp3) is 0.556. The summed E-state index contributed by atoms with van der Waals surface area (Å²) in [4.78, 5) is 12.9. The van der Waals surface area contributed by atoms with Gasteiger partial charge in [-0.3, -0.25) is 9.48 Å². The molecule has 1 rings (SSSR count). The van der Waals surface area contributed by atoms with Crippen molar-refractivity contribution in [3.8, 4) is 0 Å². The van der Waals surface area contributed by atoms with Crippen LogP contribution in [0.5, 0.6) is 0 Å². The fourth-order valence-electron chi connectivity index (χ4n) is 1.08. The predicted octanol–water partition coefficient (Wildman–Crippen LogP) is 1.34. The van der Waals surface area contributed by atoms with Crippen LogP contribution in [0.1, 0.15) is 17.4 Å². The maximum atomic E-state index is 12.1. The van der Waals surface area contributed by atoms with E-state index in [1.807, 2.05) is 0 Å². The molecule has 0 fully saturated rings. The average Bonchev–Trinajstić information content (AvgIpc) is 2.60. The maximum Gasteiger partial charge on any atom is 0.408 e. The third-order valence-corrected chi connectivity index (χ3v) is 2.01. The average molecular weight is 234 g/mol. The smallest absolute Gasteiger partial charge is 0.341 e. The molecule has 0 spiro atoms. The van der Waals surface area contributed by atoms with Gasteiger partial charge in [-0.25, -0.2) is 0 Å². The van der Waals surface area contributed by atoms with Gasteiger partial charge in [-0.2, -0.15) is 18.3 Å². The van der Waals surface area contributed by atoms with Crippen molar-refractivity contribution in [1.29, 1.82) is 0 Å². The molecular weight excluding hydrogens is 223 g/mol. The number of carbonyl (C=O) groups excluding carboxylic acids is 1. The summed E-state index contributed by atoms with van der Waals surface area (Å²) in [7, 11) is 1.50. The van der Waals surface area contributed by atoms with E-state index in [-0.39, 0.29) is 5.69 Å². The van der Waals surface area contributed by atoms with E-state index >= 15 is 0 Å². The highest BCUT2D eigenvalue weighted by molar-refractivity contribution is 5.92. The maximum absolute atomic E-state index is 12.1. The number of hydrogen-bond donors (Lipinski definition) is 0. The van der Waals surface area contributed by atoms with Crippen molar-refractivity contribution in [2.45, 2.75) is 19.6 Å². The van der Waals surface area contributed by atoms with E-state index in [1.54, 1.807) is 6.92 Å². The molecule has 0 bridgehead atoms. The van der Waals surface area contributed by atoms with Crippen LogP contribution in [0.2, 0.25) is 0 Å². The first-order valence-corrected chi connectivity index (χ1v) is 4.61. The Labute approximate surface area is 90.6 Å². The Morgan fingerprint density at radius 1 is 1.62 bits per heavy atom. The Balaban J connectivity index is 2.90. The number of nitrogens with zero attached hydrogens (tertiary/aromatic N) is 3. The second-order valence-corrected chi connectivity index (χ2v) is 3.23. The van der Waals surface area contributed by atoms with Crippen LogP contribution in [0.25, 0.3) is 0 Å². The van der Waals surface area contributed by atoms with E-state index in [4.69, 9.17) is 0 Å². The molecule has 0 aliphatic heterocycles. The van der Waals surface area contributed by atoms with Crippen molar-refractivity contribution < 1.29 is 18.0 Å². The molecule has 0 unspecified atom stereocenters. The van der Waals surface area contributed by atoms with Gasteiger partial charge < -0.3 is 4.90 Å². The molecule has 0 aliphatic carbocycles. The molecule has 0 aromatic carbocycles. The molecule has 1 amide bonds. The summed E-state index contributed by atoms with van der Waals surface area (Å²) in [5.74, 6) is -0.524. The summed E-state index contributed by atoms with van der Waals surface area (Å²) >= 11 is 0. The number of carbonyl (C=O) groups is 1. The molecule has 1 aromatic rings. The van der Waals surface area contributed by atoms with Crippen LogP contribution in [0.15, 0.2) is 6.20 Å². The first kappa shape index (κ1) is 12.5. The van der Waals surface area contributed by atoms with E-state index in [0.717, 1.165) is 6.20 Å². The third-order valence-electron chi connectivity index (χ3n) is 2.01. The minimum atomic E-state index is -4.40. The van der Waals surface area contributed by atoms with Crippen LogP contribution >= 0.6 is 0 Å². The third kappa shape index (κ3) is 2.98. The lowest BCUT2D eigenvalue weighted by Gasteiger charge is -2.15. The van der Waals surface area contributed by atoms with Gasteiger partial charge in [0.1, 0.15) is 12.2 Å². The molecule has 0 saturated heterocycles. The molecule has 1 radical (unpaired) electrons. The second kappa shape index (κ2) is 4.54. The van der Waals surface area contributed by atoms with Gasteiger partial charge in [0.25, 0.3) is 5.91 Å². The zero-order chi connectivity index (χ0) is 12.3. The summed E-state index contributed by atoms with van der Waals surface area (Å²) < 4.78 is 37.0. The standard InChI is InChI=1S/C9H11F3N3O/c1-3-14(2)8(16)7-4-5-13-15(7)6-9(10,11)12/h5H,3,6H2,1-2H3. The van der Waals surface area contributed by atoms with E-state index in [0.29, 0.717) is 11.2 Å². The molecule has 1 heterocycles. The van der Waals surface area contributed by atoms with Crippen LogP contribution in [-0.4, -0.2) is 40.4 Å². The van der Waals surface area contributed by atoms with Gasteiger partial charge in [-0.1, -0.05) is 0 Å². The monoisotopic (exact) mass is 234 g/mol. The van der Waals surface area contributed by atoms with Gasteiger partial charge in [0.15, 0.2) is 0 Å². The molecule has 0 atom stereocenters. The van der Waals surface area contributed by atoms with Crippen molar-refractivity contribution in [3.63, 3.8) is 0 Å². The molecule has 16 heavy (non-hydrogen) atoms. The largest absolute Gasteiger partial charge is 0.408 e. The first-order chi connectivity index (χ1) is 7.35. The Morgan fingerprint density at radius 3 is 2.75 bits per heavy atom. The van der Waals surface area contributed by atoms with E-state index < -0.39 is 18.6 Å². The first-order valence-electron chi connectivity index (χ1n) is 4.61. The highest BCUT2D eigenvalue weighted by atomic mass is 19.4. The lowest BCUT2D eigenvalue weighted by atomic mass is 10.3. The lowest BCUT2D eigenvalue weighted by Crippen LogP contribution is -2.30. The van der Waals surface area contributed by atoms with Crippen molar-refractivity contribution in [2.75, 3.05) is 13.6 Å². The van der Waals surface area contributed by atoms with Crippen LogP contribution in [-0.2, 0) is 6.54 Å². The van der Waals surface area contributed by atoms with Crippen molar-refractivity contribution in [3.05, 3.63) is 18.0 Å². The summed E-state index contributed by atoms with van der Waals surface area (Å²) in [5, 5.41) is 3.43. The second-order valence-electron chi connectivity index (χ2n) is 3.23. The Morgan fingerprint density at radius 2 is 2.25 bits per heavy atom. The predicted molar refractivity (Wildman–Crippen MR) is 49.8 cm³/mol. The highest BCUT2D eigenvalue weighted by Gasteiger charge is 2.30. The van der Waals surface area contributed by atoms with Gasteiger partial charge in [0.2, 0.25) is 0 Å². The summed E-state index contributed by atoms with van der Waals surface area (Å²) in [6.45, 7) is 0.849. The number of aromatic nitrogens is 2. The van der Waals surface area contributed by atoms with E-state index in [1.165, 1.54) is 11.9 Å². The van der Waals surface area contributed by atoms with Crippen LogP contribution in [0.3, 0.4) is 0 Å². The Kier molecular flexibility index (Phi) is 3.56. The van der Waals surface area contributed by atoms with Gasteiger partial charge in [0.05, 0.1) is 6.20 Å². The summed E-state index contributed by atoms with van der Waals surface area (Å²) in [6, 6.07) is 2.40. The normalized spacial score (nSPS) is 11.6. The van der Waals surface area contributed by atoms with Crippen LogP contribution < -0.4 is 0 Å². The molecule has 7 heteroatoms. The lowest BCUT2D eigenvalue weighted by molar-refractivity contribution is -0.142. The zero-order valence-electron chi connectivity index (χ0n) is 8.88. The summed E-state index contributed by atoms with van der Waals surface area (Å²) in [6.07, 6.45) is -3.35. The van der Waals surface area contributed by atoms with Gasteiger partial charge >= 0.3 is 6.18 Å². The summed E-state index contributed by atoms with van der Waals surface area (Å²) in [5.41, 5.74) is -0.179. The quantitative estimate of drug-likeness (QED) is 0.791. The Hall–Kier alpha value is -1.53. The van der Waals surface area contributed by atoms with Crippen molar-refractivity contribution >= 4 is 5.91 Å². The van der Waals surface area contributed by atoms with Crippen molar-refractivity contribution in [2.24, 2.45) is 0 Å². The SMILES string of the molecule is CCN(C)C(=O)c1[c]cnn1CC(F)(F)F. The van der Waals surface area contributed by atoms with E-state index in [2.05, 4.69) is 11.2 Å². The molecule has 0 saturated carbocycles. The number of alkyl halides is 3. The number of halogens is 3. The number of amides is 1. The number of hydrogen-bond acceptors (Lipinski definition) is 2. The van der Waals surface area contributed by atoms with Crippen LogP contribution in [0.4, 0.5) is 13.2 Å². The Bertz CT molecular complexity index is 372. The highest BCUT2D eigenvalue weighted by Crippen LogP contribution is 2.18. The minimum Gasteiger partial charge on any atom is -0.341 e. The van der Waals surface area contributed by atoms with Crippen molar-refractivity contribution in [1.82, 2.24) is 14.7 Å². The molecule has 0 aliphatic rings. The minimum absolute atomic E-state index is 0.179. The number of rotatable bonds is 3. The fourth-order valence-corrected chi connectivity index (χ4v) is 1.08. The topological polar surface area (TPSA) is 38.1 Å². The van der Waals surface area contributed by atoms with Gasteiger partial charge in [0, 0.05) is 19.7 Å². The molecular formula is C9H11F3N3O.